The van der Waals surface area contributed by atoms with Gasteiger partial charge >= 0.3 is 12.1 Å². The van der Waals surface area contributed by atoms with Gasteiger partial charge in [0.05, 0.1) is 14.2 Å². The van der Waals surface area contributed by atoms with Crippen LogP contribution in [0.1, 0.15) is 0 Å². The maximum atomic E-state index is 12.5. The van der Waals surface area contributed by atoms with E-state index in [1.807, 2.05) is 0 Å². The monoisotopic (exact) mass is 293 g/mol. The number of nitrogens with one attached hydrogen (secondary N) is 1. The Morgan fingerprint density at radius 1 is 1.30 bits per heavy atom. The number of hydrogen-bond donors (Lipinski definition) is 2. The van der Waals surface area contributed by atoms with Crippen LogP contribution in [-0.4, -0.2) is 38.0 Å². The molecule has 0 fully saturated rings. The van der Waals surface area contributed by atoms with Gasteiger partial charge in [-0.3, -0.25) is 4.79 Å². The summed E-state index contributed by atoms with van der Waals surface area (Å²) in [6.07, 6.45) is -4.81. The van der Waals surface area contributed by atoms with Gasteiger partial charge in [-0.2, -0.15) is 13.2 Å². The second kappa shape index (κ2) is 6.36. The van der Waals surface area contributed by atoms with Crippen molar-refractivity contribution >= 4 is 11.7 Å². The predicted molar refractivity (Wildman–Crippen MR) is 65.2 cm³/mol. The third kappa shape index (κ3) is 3.94. The largest absolute Gasteiger partial charge is 0.493 e. The fourth-order valence-corrected chi connectivity index (χ4v) is 1.51. The van der Waals surface area contributed by atoms with Gasteiger partial charge in [-0.05, 0) is 12.1 Å². The molecule has 0 bridgehead atoms. The molecule has 1 aromatic rings. The molecule has 0 amide bonds. The molecule has 0 radical (unpaired) electrons. The van der Waals surface area contributed by atoms with E-state index in [-0.39, 0.29) is 0 Å². The Labute approximate surface area is 113 Å². The first-order chi connectivity index (χ1) is 9.29. The number of anilines is 1. The molecule has 1 unspecified atom stereocenters. The average molecular weight is 293 g/mol. The van der Waals surface area contributed by atoms with Crippen molar-refractivity contribution in [2.24, 2.45) is 5.92 Å². The minimum Gasteiger partial charge on any atom is -0.493 e. The van der Waals surface area contributed by atoms with Gasteiger partial charge < -0.3 is 19.9 Å². The van der Waals surface area contributed by atoms with E-state index in [1.165, 1.54) is 32.4 Å². The van der Waals surface area contributed by atoms with Crippen LogP contribution >= 0.6 is 0 Å². The summed E-state index contributed by atoms with van der Waals surface area (Å²) in [5.74, 6) is -3.65. The number of methoxy groups -OCH3 is 2. The van der Waals surface area contributed by atoms with Gasteiger partial charge in [-0.1, -0.05) is 0 Å². The third-order valence-corrected chi connectivity index (χ3v) is 2.59. The zero-order valence-corrected chi connectivity index (χ0v) is 10.8. The third-order valence-electron chi connectivity index (χ3n) is 2.59. The number of alkyl halides is 3. The number of halogens is 3. The smallest absolute Gasteiger partial charge is 0.403 e. The molecule has 1 aromatic carbocycles. The fourth-order valence-electron chi connectivity index (χ4n) is 1.51. The number of carboxylic acids is 1. The van der Waals surface area contributed by atoms with Crippen LogP contribution in [0, 0.1) is 5.92 Å². The highest BCUT2D eigenvalue weighted by Crippen LogP contribution is 2.31. The second-order valence-electron chi connectivity index (χ2n) is 3.88. The molecular formula is C12H14F3NO4. The highest BCUT2D eigenvalue weighted by Gasteiger charge is 2.44. The molecule has 2 N–H and O–H groups in total. The molecule has 0 heterocycles. The lowest BCUT2D eigenvalue weighted by Crippen LogP contribution is -2.36. The molecule has 8 heteroatoms. The van der Waals surface area contributed by atoms with Crippen molar-refractivity contribution in [3.05, 3.63) is 18.2 Å². The fraction of sp³-hybridized carbons (Fsp3) is 0.417. The maximum Gasteiger partial charge on any atom is 0.403 e. The summed E-state index contributed by atoms with van der Waals surface area (Å²) in [5.41, 5.74) is 0.304. The summed E-state index contributed by atoms with van der Waals surface area (Å²) >= 11 is 0. The van der Waals surface area contributed by atoms with Crippen molar-refractivity contribution < 1.29 is 32.5 Å². The van der Waals surface area contributed by atoms with Gasteiger partial charge in [0.25, 0.3) is 0 Å². The Morgan fingerprint density at radius 3 is 2.35 bits per heavy atom. The Morgan fingerprint density at radius 2 is 1.90 bits per heavy atom. The lowest BCUT2D eigenvalue weighted by atomic mass is 10.1. The average Bonchev–Trinajstić information content (AvgIpc) is 2.36. The maximum absolute atomic E-state index is 12.5. The molecule has 0 aromatic heterocycles. The molecule has 0 aliphatic rings. The van der Waals surface area contributed by atoms with Crippen molar-refractivity contribution in [1.29, 1.82) is 0 Å². The summed E-state index contributed by atoms with van der Waals surface area (Å²) in [4.78, 5) is 10.6. The van der Waals surface area contributed by atoms with Crippen LogP contribution in [0.5, 0.6) is 11.5 Å². The van der Waals surface area contributed by atoms with E-state index in [0.29, 0.717) is 17.2 Å². The highest BCUT2D eigenvalue weighted by molar-refractivity contribution is 5.72. The molecule has 112 valence electrons. The van der Waals surface area contributed by atoms with Crippen molar-refractivity contribution in [2.45, 2.75) is 6.18 Å². The lowest BCUT2D eigenvalue weighted by molar-refractivity contribution is -0.190. The van der Waals surface area contributed by atoms with Gasteiger partial charge in [0.2, 0.25) is 0 Å². The molecular weight excluding hydrogens is 279 g/mol. The minimum absolute atomic E-state index is 0.304. The van der Waals surface area contributed by atoms with E-state index >= 15 is 0 Å². The SMILES string of the molecule is COc1ccc(NCC(C(=O)O)C(F)(F)F)cc1OC. The molecule has 0 spiro atoms. The number of carbonyl (C=O) groups is 1. The number of rotatable bonds is 6. The number of hydrogen-bond acceptors (Lipinski definition) is 4. The summed E-state index contributed by atoms with van der Waals surface area (Å²) in [6, 6.07) is 4.40. The van der Waals surface area contributed by atoms with Crippen molar-refractivity contribution in [3.63, 3.8) is 0 Å². The molecule has 0 aliphatic carbocycles. The van der Waals surface area contributed by atoms with E-state index in [0.717, 1.165) is 0 Å². The molecule has 1 atom stereocenters. The van der Waals surface area contributed by atoms with Gasteiger partial charge in [0.15, 0.2) is 17.4 Å². The van der Waals surface area contributed by atoms with E-state index in [2.05, 4.69) is 5.32 Å². The van der Waals surface area contributed by atoms with Crippen LogP contribution in [0.15, 0.2) is 18.2 Å². The normalized spacial score (nSPS) is 12.7. The Kier molecular flexibility index (Phi) is 5.06. The van der Waals surface area contributed by atoms with E-state index < -0.39 is 24.6 Å². The first kappa shape index (κ1) is 15.9. The Balaban J connectivity index is 2.81. The Bertz CT molecular complexity index is 476. The van der Waals surface area contributed by atoms with E-state index in [1.54, 1.807) is 0 Å². The summed E-state index contributed by atoms with van der Waals surface area (Å²) in [5, 5.41) is 11.0. The van der Waals surface area contributed by atoms with Crippen LogP contribution in [0.4, 0.5) is 18.9 Å². The van der Waals surface area contributed by atoms with Gasteiger partial charge in [-0.15, -0.1) is 0 Å². The lowest BCUT2D eigenvalue weighted by Gasteiger charge is -2.17. The summed E-state index contributed by atoms with van der Waals surface area (Å²) < 4.78 is 47.4. The van der Waals surface area contributed by atoms with Crippen LogP contribution in [0.3, 0.4) is 0 Å². The number of ether oxygens (including phenoxy) is 2. The zero-order valence-electron chi connectivity index (χ0n) is 10.8. The van der Waals surface area contributed by atoms with Crippen molar-refractivity contribution in [1.82, 2.24) is 0 Å². The topological polar surface area (TPSA) is 67.8 Å². The van der Waals surface area contributed by atoms with Crippen LogP contribution in [0.2, 0.25) is 0 Å². The molecule has 0 aliphatic heterocycles. The molecule has 5 nitrogen and oxygen atoms in total. The summed E-state index contributed by atoms with van der Waals surface area (Å²) in [7, 11) is 2.81. The van der Waals surface area contributed by atoms with Gasteiger partial charge in [-0.25, -0.2) is 0 Å². The van der Waals surface area contributed by atoms with Crippen molar-refractivity contribution in [2.75, 3.05) is 26.1 Å². The quantitative estimate of drug-likeness (QED) is 0.843. The number of carboxylic acid groups (broad SMARTS) is 1. The van der Waals surface area contributed by atoms with Gasteiger partial charge in [0.1, 0.15) is 0 Å². The van der Waals surface area contributed by atoms with Crippen LogP contribution in [0.25, 0.3) is 0 Å². The van der Waals surface area contributed by atoms with Crippen LogP contribution in [-0.2, 0) is 4.79 Å². The standard InChI is InChI=1S/C12H14F3NO4/c1-19-9-4-3-7(5-10(9)20-2)16-6-8(11(17)18)12(13,14)15/h3-5,8,16H,6H2,1-2H3,(H,17,18). The van der Waals surface area contributed by atoms with E-state index in [9.17, 15) is 18.0 Å². The molecule has 0 saturated carbocycles. The number of benzene rings is 1. The highest BCUT2D eigenvalue weighted by atomic mass is 19.4. The minimum atomic E-state index is -4.81. The van der Waals surface area contributed by atoms with E-state index in [4.69, 9.17) is 14.6 Å². The summed E-state index contributed by atoms with van der Waals surface area (Å²) in [6.45, 7) is -0.770. The molecule has 0 saturated heterocycles. The van der Waals surface area contributed by atoms with Crippen molar-refractivity contribution in [3.8, 4) is 11.5 Å². The van der Waals surface area contributed by atoms with Crippen LogP contribution < -0.4 is 14.8 Å². The molecule has 20 heavy (non-hydrogen) atoms. The number of aliphatic carboxylic acids is 1. The zero-order chi connectivity index (χ0) is 15.3. The first-order valence-corrected chi connectivity index (χ1v) is 5.55. The predicted octanol–water partition coefficient (Wildman–Crippen LogP) is 2.38. The Hall–Kier alpha value is -2.12. The molecule has 1 rings (SSSR count). The van der Waals surface area contributed by atoms with Gasteiger partial charge in [0, 0.05) is 18.3 Å². The first-order valence-electron chi connectivity index (χ1n) is 5.55. The second-order valence-corrected chi connectivity index (χ2v) is 3.88.